The topological polar surface area (TPSA) is 88.8 Å². The van der Waals surface area contributed by atoms with Crippen LogP contribution < -0.4 is 4.74 Å². The fourth-order valence-electron chi connectivity index (χ4n) is 3.47. The van der Waals surface area contributed by atoms with Crippen LogP contribution in [-0.4, -0.2) is 60.5 Å². The summed E-state index contributed by atoms with van der Waals surface area (Å²) in [7, 11) is -3.75. The fourth-order valence-corrected chi connectivity index (χ4v) is 5.16. The molecule has 8 nitrogen and oxygen atoms in total. The van der Waals surface area contributed by atoms with Gasteiger partial charge in [0.25, 0.3) is 0 Å². The zero-order chi connectivity index (χ0) is 22.7. The van der Waals surface area contributed by atoms with Gasteiger partial charge in [-0.2, -0.15) is 9.29 Å². The van der Waals surface area contributed by atoms with Crippen LogP contribution in [0.3, 0.4) is 0 Å². The summed E-state index contributed by atoms with van der Waals surface area (Å²) in [6, 6.07) is 10.9. The molecule has 170 valence electrons. The molecule has 0 unspecified atom stereocenters. The van der Waals surface area contributed by atoms with E-state index in [-0.39, 0.29) is 23.0 Å². The van der Waals surface area contributed by atoms with Gasteiger partial charge in [-0.3, -0.25) is 4.90 Å². The monoisotopic (exact) mass is 480 g/mol. The number of rotatable bonds is 7. The van der Waals surface area contributed by atoms with Crippen LogP contribution in [0.15, 0.2) is 51.9 Å². The van der Waals surface area contributed by atoms with Crippen molar-refractivity contribution >= 4 is 21.6 Å². The van der Waals surface area contributed by atoms with Crippen molar-refractivity contribution in [3.05, 3.63) is 59.2 Å². The van der Waals surface area contributed by atoms with E-state index in [4.69, 9.17) is 20.9 Å². The molecule has 0 N–H and O–H groups in total. The standard InChI is InChI=1S/C21H22ClFN4O4S/c1-2-30-19-6-4-3-5-16(19)21-24-20(31-25-21)14-26-9-11-27(12-10-26)32(28,29)15-7-8-18(23)17(22)13-15/h3-8,13H,2,9-12,14H2,1H3. The lowest BCUT2D eigenvalue weighted by molar-refractivity contribution is 0.163. The molecule has 4 rings (SSSR count). The van der Waals surface area contributed by atoms with Crippen LogP contribution in [0.25, 0.3) is 11.4 Å². The Balaban J connectivity index is 1.39. The summed E-state index contributed by atoms with van der Waals surface area (Å²) in [5, 5.41) is 3.84. The minimum Gasteiger partial charge on any atom is -0.493 e. The first-order chi connectivity index (χ1) is 15.4. The summed E-state index contributed by atoms with van der Waals surface area (Å²) in [4.78, 5) is 6.49. The van der Waals surface area contributed by atoms with Crippen LogP contribution in [0.1, 0.15) is 12.8 Å². The molecule has 3 aromatic rings. The molecule has 0 amide bonds. The molecule has 32 heavy (non-hydrogen) atoms. The van der Waals surface area contributed by atoms with Crippen molar-refractivity contribution in [1.82, 2.24) is 19.3 Å². The third-order valence-corrected chi connectivity index (χ3v) is 7.30. The van der Waals surface area contributed by atoms with Gasteiger partial charge in [-0.25, -0.2) is 12.8 Å². The van der Waals surface area contributed by atoms with Gasteiger partial charge < -0.3 is 9.26 Å². The summed E-state index contributed by atoms with van der Waals surface area (Å²) in [5.74, 6) is 0.909. The van der Waals surface area contributed by atoms with Crippen molar-refractivity contribution in [3.63, 3.8) is 0 Å². The summed E-state index contributed by atoms with van der Waals surface area (Å²) in [6.07, 6.45) is 0. The fraction of sp³-hybridized carbons (Fsp3) is 0.333. The molecule has 0 spiro atoms. The maximum atomic E-state index is 13.4. The highest BCUT2D eigenvalue weighted by molar-refractivity contribution is 7.89. The molecule has 0 saturated carbocycles. The Kier molecular flexibility index (Phi) is 6.75. The number of hydrogen-bond acceptors (Lipinski definition) is 7. The van der Waals surface area contributed by atoms with Crippen LogP contribution in [0, 0.1) is 5.82 Å². The predicted octanol–water partition coefficient (Wildman–Crippen LogP) is 3.43. The van der Waals surface area contributed by atoms with E-state index in [1.54, 1.807) is 0 Å². The van der Waals surface area contributed by atoms with Gasteiger partial charge in [-0.05, 0) is 37.3 Å². The minimum absolute atomic E-state index is 0.0214. The van der Waals surface area contributed by atoms with E-state index in [9.17, 15) is 12.8 Å². The first-order valence-corrected chi connectivity index (χ1v) is 11.9. The number of nitrogens with zero attached hydrogens (tertiary/aromatic N) is 4. The maximum Gasteiger partial charge on any atom is 0.243 e. The number of halogens is 2. The molecule has 1 aromatic heterocycles. The average molecular weight is 481 g/mol. The highest BCUT2D eigenvalue weighted by Gasteiger charge is 2.29. The van der Waals surface area contributed by atoms with Crippen molar-refractivity contribution in [2.24, 2.45) is 0 Å². The highest BCUT2D eigenvalue weighted by atomic mass is 35.5. The third kappa shape index (κ3) is 4.78. The van der Waals surface area contributed by atoms with E-state index in [1.165, 1.54) is 10.4 Å². The molecule has 0 bridgehead atoms. The number of aromatic nitrogens is 2. The first-order valence-electron chi connectivity index (χ1n) is 10.1. The van der Waals surface area contributed by atoms with E-state index in [2.05, 4.69) is 10.1 Å². The predicted molar refractivity (Wildman–Crippen MR) is 116 cm³/mol. The van der Waals surface area contributed by atoms with Crippen molar-refractivity contribution in [1.29, 1.82) is 0 Å². The van der Waals surface area contributed by atoms with Gasteiger partial charge in [0, 0.05) is 26.2 Å². The quantitative estimate of drug-likeness (QED) is 0.511. The van der Waals surface area contributed by atoms with Gasteiger partial charge in [0.05, 0.1) is 28.6 Å². The van der Waals surface area contributed by atoms with Crippen molar-refractivity contribution in [2.45, 2.75) is 18.4 Å². The van der Waals surface area contributed by atoms with Crippen LogP contribution >= 0.6 is 11.6 Å². The summed E-state index contributed by atoms with van der Waals surface area (Å²) < 4.78 is 51.4. The second-order valence-electron chi connectivity index (χ2n) is 7.20. The van der Waals surface area contributed by atoms with Gasteiger partial charge >= 0.3 is 0 Å². The van der Waals surface area contributed by atoms with E-state index in [1.807, 2.05) is 36.1 Å². The molecule has 1 fully saturated rings. The number of sulfonamides is 1. The number of piperazine rings is 1. The number of ether oxygens (including phenoxy) is 1. The van der Waals surface area contributed by atoms with Gasteiger partial charge in [0.1, 0.15) is 11.6 Å². The average Bonchev–Trinajstić information content (AvgIpc) is 3.25. The van der Waals surface area contributed by atoms with E-state index < -0.39 is 15.8 Å². The Morgan fingerprint density at radius 2 is 1.91 bits per heavy atom. The lowest BCUT2D eigenvalue weighted by Gasteiger charge is -2.33. The summed E-state index contributed by atoms with van der Waals surface area (Å²) in [5.41, 5.74) is 0.748. The van der Waals surface area contributed by atoms with Gasteiger partial charge in [0.2, 0.25) is 21.7 Å². The molecule has 0 atom stereocenters. The van der Waals surface area contributed by atoms with Gasteiger partial charge in [-0.15, -0.1) is 0 Å². The minimum atomic E-state index is -3.75. The van der Waals surface area contributed by atoms with Crippen LogP contribution in [0.5, 0.6) is 5.75 Å². The van der Waals surface area contributed by atoms with Crippen molar-refractivity contribution < 1.29 is 22.1 Å². The molecule has 1 aliphatic heterocycles. The second kappa shape index (κ2) is 9.53. The van der Waals surface area contributed by atoms with E-state index >= 15 is 0 Å². The molecule has 1 saturated heterocycles. The molecule has 2 aromatic carbocycles. The molecule has 0 radical (unpaired) electrons. The normalized spacial score (nSPS) is 15.7. The third-order valence-electron chi connectivity index (χ3n) is 5.11. The Morgan fingerprint density at radius 1 is 1.16 bits per heavy atom. The Bertz CT molecular complexity index is 1200. The molecule has 2 heterocycles. The van der Waals surface area contributed by atoms with Crippen LogP contribution in [-0.2, 0) is 16.6 Å². The van der Waals surface area contributed by atoms with Crippen molar-refractivity contribution in [3.8, 4) is 17.1 Å². The number of benzene rings is 2. The van der Waals surface area contributed by atoms with Crippen LogP contribution in [0.2, 0.25) is 5.02 Å². The zero-order valence-corrected chi connectivity index (χ0v) is 18.9. The summed E-state index contributed by atoms with van der Waals surface area (Å²) in [6.45, 7) is 4.38. The van der Waals surface area contributed by atoms with E-state index in [0.717, 1.165) is 17.7 Å². The van der Waals surface area contributed by atoms with Gasteiger partial charge in [-0.1, -0.05) is 28.9 Å². The smallest absolute Gasteiger partial charge is 0.243 e. The second-order valence-corrected chi connectivity index (χ2v) is 9.54. The largest absolute Gasteiger partial charge is 0.493 e. The highest BCUT2D eigenvalue weighted by Crippen LogP contribution is 2.28. The number of hydrogen-bond donors (Lipinski definition) is 0. The van der Waals surface area contributed by atoms with Crippen molar-refractivity contribution in [2.75, 3.05) is 32.8 Å². The molecule has 11 heteroatoms. The lowest BCUT2D eigenvalue weighted by atomic mass is 10.2. The molecular formula is C21H22ClFN4O4S. The summed E-state index contributed by atoms with van der Waals surface area (Å²) >= 11 is 5.75. The van der Waals surface area contributed by atoms with Gasteiger partial charge in [0.15, 0.2) is 0 Å². The number of para-hydroxylation sites is 1. The Hall–Kier alpha value is -2.53. The van der Waals surface area contributed by atoms with Crippen LogP contribution in [0.4, 0.5) is 4.39 Å². The SMILES string of the molecule is CCOc1ccccc1-c1noc(CN2CCN(S(=O)(=O)c3ccc(F)c(Cl)c3)CC2)n1. The maximum absolute atomic E-state index is 13.4. The molecule has 1 aliphatic rings. The Labute approximate surface area is 190 Å². The molecule has 0 aliphatic carbocycles. The first kappa shape index (κ1) is 22.7. The molecular weight excluding hydrogens is 459 g/mol. The lowest BCUT2D eigenvalue weighted by Crippen LogP contribution is -2.48. The Morgan fingerprint density at radius 3 is 2.62 bits per heavy atom. The van der Waals surface area contributed by atoms with E-state index in [0.29, 0.717) is 43.7 Å². The zero-order valence-electron chi connectivity index (χ0n) is 17.4.